The van der Waals surface area contributed by atoms with Gasteiger partial charge in [0.2, 0.25) is 29.5 Å². The predicted octanol–water partition coefficient (Wildman–Crippen LogP) is 1.77. The molecule has 2 aliphatic rings. The molecular weight excluding hydrogens is 779 g/mol. The van der Waals surface area contributed by atoms with E-state index in [1.165, 1.54) is 4.90 Å². The van der Waals surface area contributed by atoms with Gasteiger partial charge in [-0.2, -0.15) is 0 Å². The Labute approximate surface area is 356 Å². The van der Waals surface area contributed by atoms with Crippen molar-refractivity contribution in [2.75, 3.05) is 18.8 Å². The molecule has 1 saturated heterocycles. The monoisotopic (exact) mass is 839 g/mol. The third kappa shape index (κ3) is 13.1. The van der Waals surface area contributed by atoms with Crippen LogP contribution >= 0.6 is 0 Å². The second-order valence-corrected chi connectivity index (χ2v) is 16.5. The van der Waals surface area contributed by atoms with E-state index in [-0.39, 0.29) is 49.3 Å². The molecule has 1 aliphatic heterocycles. The number of fused-ring (bicyclic) bond motifs is 1. The zero-order chi connectivity index (χ0) is 44.1. The highest BCUT2D eigenvalue weighted by atomic mass is 16.2. The van der Waals surface area contributed by atoms with Crippen molar-refractivity contribution in [2.45, 2.75) is 115 Å². The summed E-state index contributed by atoms with van der Waals surface area (Å²) in [5.74, 6) is -3.80. The summed E-state index contributed by atoms with van der Waals surface area (Å²) in [6, 6.07) is 12.6. The van der Waals surface area contributed by atoms with Crippen LogP contribution in [0.15, 0.2) is 65.7 Å². The fourth-order valence-corrected chi connectivity index (χ4v) is 8.17. The topological polar surface area (TPSA) is 283 Å². The van der Waals surface area contributed by atoms with E-state index >= 15 is 0 Å². The zero-order valence-corrected chi connectivity index (χ0v) is 35.1. The minimum atomic E-state index is -1.15. The smallest absolute Gasteiger partial charge is 0.270 e. The Morgan fingerprint density at radius 3 is 2.15 bits per heavy atom. The number of amides is 6. The lowest BCUT2D eigenvalue weighted by Gasteiger charge is -2.33. The molecule has 2 heterocycles. The van der Waals surface area contributed by atoms with Crippen molar-refractivity contribution >= 4 is 58.0 Å². The van der Waals surface area contributed by atoms with Crippen LogP contribution in [0.4, 0.5) is 5.69 Å². The van der Waals surface area contributed by atoms with Crippen molar-refractivity contribution in [2.24, 2.45) is 34.0 Å². The third-order valence-electron chi connectivity index (χ3n) is 11.3. The van der Waals surface area contributed by atoms with Crippen LogP contribution in [0, 0.1) is 11.8 Å². The van der Waals surface area contributed by atoms with Gasteiger partial charge in [0.05, 0.1) is 5.52 Å². The summed E-state index contributed by atoms with van der Waals surface area (Å²) in [6.45, 7) is 4.33. The molecule has 3 aromatic rings. The highest BCUT2D eigenvalue weighted by Crippen LogP contribution is 2.27. The number of hydrogen-bond acceptors (Lipinski definition) is 9. The van der Waals surface area contributed by atoms with Gasteiger partial charge in [0, 0.05) is 30.6 Å². The normalized spacial score (nSPS) is 17.4. The number of carbonyl (C=O) groups is 6. The summed E-state index contributed by atoms with van der Waals surface area (Å²) in [7, 11) is 0. The van der Waals surface area contributed by atoms with Crippen LogP contribution in [-0.4, -0.2) is 94.6 Å². The van der Waals surface area contributed by atoms with Crippen LogP contribution in [0.3, 0.4) is 0 Å². The van der Waals surface area contributed by atoms with Crippen LogP contribution in [-0.2, 0) is 30.4 Å². The number of guanidine groups is 1. The zero-order valence-electron chi connectivity index (χ0n) is 35.1. The lowest BCUT2D eigenvalue weighted by Crippen LogP contribution is -2.60. The molecule has 0 spiro atoms. The van der Waals surface area contributed by atoms with E-state index < -0.39 is 65.7 Å². The lowest BCUT2D eigenvalue weighted by atomic mass is 9.83. The van der Waals surface area contributed by atoms with E-state index in [1.807, 2.05) is 32.0 Å². The third-order valence-corrected chi connectivity index (χ3v) is 11.3. The number of benzene rings is 2. The number of aromatic nitrogens is 1. The van der Waals surface area contributed by atoms with E-state index in [9.17, 15) is 28.8 Å². The van der Waals surface area contributed by atoms with Crippen LogP contribution in [0.5, 0.6) is 0 Å². The molecule has 5 atom stereocenters. The first-order chi connectivity index (χ1) is 29.2. The number of pyridine rings is 1. The number of aliphatic imine (C=N–C) groups is 1. The molecule has 17 nitrogen and oxygen atoms in total. The summed E-state index contributed by atoms with van der Waals surface area (Å²) in [5.41, 5.74) is 24.6. The number of rotatable bonds is 19. The highest BCUT2D eigenvalue weighted by molar-refractivity contribution is 5.99. The molecule has 0 unspecified atom stereocenters. The molecule has 2 aromatic carbocycles. The van der Waals surface area contributed by atoms with Gasteiger partial charge in [-0.3, -0.25) is 33.8 Å². The standard InChI is InChI=1S/C44H61N11O6/c1-26(2)24-35(43(61)55-23-9-15-36(55)38(46)56)53-39(57)32(14-8-22-49-44(47)48)51-42(60)37(29-11-4-3-5-12-29)54-41(59)34(25-27-16-19-30(45)20-17-27)52-40(58)33-21-18-28-10-6-7-13-31(28)50-33/h6-7,10,13,16-21,26,29,32,34-37H,3-5,8-9,11-12,14-15,22-25,45H2,1-2H3,(H2,46,56)(H,51,60)(H,52,58)(H,53,57)(H,54,59)(H4,47,48,49)/t32-,34-,35-,36-,37-/m0/s1. The van der Waals surface area contributed by atoms with E-state index in [2.05, 4.69) is 31.2 Å². The van der Waals surface area contributed by atoms with Crippen molar-refractivity contribution in [3.63, 3.8) is 0 Å². The molecule has 1 saturated carbocycles. The maximum Gasteiger partial charge on any atom is 0.270 e. The van der Waals surface area contributed by atoms with Crippen LogP contribution in [0.25, 0.3) is 10.9 Å². The average Bonchev–Trinajstić information content (AvgIpc) is 3.74. The fourth-order valence-electron chi connectivity index (χ4n) is 8.17. The number of hydrogen-bond donors (Lipinski definition) is 8. The van der Waals surface area contributed by atoms with Gasteiger partial charge in [0.15, 0.2) is 5.96 Å². The Morgan fingerprint density at radius 2 is 1.46 bits per heavy atom. The van der Waals surface area contributed by atoms with E-state index in [0.717, 1.165) is 30.2 Å². The minimum absolute atomic E-state index is 0.0108. The molecular formula is C44H61N11O6. The molecule has 0 radical (unpaired) electrons. The van der Waals surface area contributed by atoms with Gasteiger partial charge in [0.25, 0.3) is 5.91 Å². The summed E-state index contributed by atoms with van der Waals surface area (Å²) in [4.78, 5) is 92.9. The van der Waals surface area contributed by atoms with Crippen molar-refractivity contribution in [3.8, 4) is 0 Å². The van der Waals surface area contributed by atoms with Crippen molar-refractivity contribution in [1.82, 2.24) is 31.2 Å². The van der Waals surface area contributed by atoms with Crippen LogP contribution < -0.4 is 44.2 Å². The fraction of sp³-hybridized carbons (Fsp3) is 0.500. The lowest BCUT2D eigenvalue weighted by molar-refractivity contribution is -0.141. The molecule has 6 amide bonds. The van der Waals surface area contributed by atoms with Gasteiger partial charge in [-0.1, -0.05) is 69.5 Å². The number of anilines is 1. The minimum Gasteiger partial charge on any atom is -0.399 e. The van der Waals surface area contributed by atoms with E-state index in [4.69, 9.17) is 22.9 Å². The second kappa shape index (κ2) is 21.8. The van der Waals surface area contributed by atoms with E-state index in [1.54, 1.807) is 42.5 Å². The quantitative estimate of drug-likeness (QED) is 0.0375. The Hall–Kier alpha value is -6.26. The number of nitrogens with two attached hydrogens (primary N) is 4. The van der Waals surface area contributed by atoms with Crippen LogP contribution in [0.2, 0.25) is 0 Å². The van der Waals surface area contributed by atoms with Gasteiger partial charge >= 0.3 is 0 Å². The first-order valence-electron chi connectivity index (χ1n) is 21.3. The molecule has 61 heavy (non-hydrogen) atoms. The number of nitrogens with one attached hydrogen (secondary N) is 4. The van der Waals surface area contributed by atoms with Gasteiger partial charge in [-0.25, -0.2) is 4.98 Å². The van der Waals surface area contributed by atoms with E-state index in [0.29, 0.717) is 49.9 Å². The maximum atomic E-state index is 14.5. The Balaban J connectivity index is 1.40. The molecule has 1 aromatic heterocycles. The molecule has 12 N–H and O–H groups in total. The first kappa shape index (κ1) is 45.8. The van der Waals surface area contributed by atoms with Gasteiger partial charge in [-0.15, -0.1) is 0 Å². The second-order valence-electron chi connectivity index (χ2n) is 16.5. The van der Waals surface area contributed by atoms with Crippen LogP contribution in [0.1, 0.15) is 94.1 Å². The summed E-state index contributed by atoms with van der Waals surface area (Å²) in [6.07, 6.45) is 5.75. The highest BCUT2D eigenvalue weighted by Gasteiger charge is 2.39. The summed E-state index contributed by atoms with van der Waals surface area (Å²) < 4.78 is 0. The SMILES string of the molecule is CC(C)C[C@H](NC(=O)[C@H](CCCN=C(N)N)NC(=O)[C@@H](NC(=O)[C@H](Cc1ccc(N)cc1)NC(=O)c1ccc2ccccc2n1)C1CCCCC1)C(=O)N1CCC[C@H]1C(N)=O. The van der Waals surface area contributed by atoms with Gasteiger partial charge in [0.1, 0.15) is 35.9 Å². The number of nitrogen functional groups attached to an aromatic ring is 1. The maximum absolute atomic E-state index is 14.5. The first-order valence-corrected chi connectivity index (χ1v) is 21.3. The largest absolute Gasteiger partial charge is 0.399 e. The summed E-state index contributed by atoms with van der Waals surface area (Å²) in [5, 5.41) is 12.4. The number of para-hydroxylation sites is 1. The molecule has 1 aliphatic carbocycles. The Morgan fingerprint density at radius 1 is 0.770 bits per heavy atom. The number of primary amides is 1. The molecule has 0 bridgehead atoms. The summed E-state index contributed by atoms with van der Waals surface area (Å²) >= 11 is 0. The molecule has 17 heteroatoms. The predicted molar refractivity (Wildman–Crippen MR) is 233 cm³/mol. The van der Waals surface area contributed by atoms with Crippen molar-refractivity contribution < 1.29 is 28.8 Å². The average molecular weight is 840 g/mol. The Kier molecular flexibility index (Phi) is 16.4. The number of carbonyl (C=O) groups excluding carboxylic acids is 6. The molecule has 5 rings (SSSR count). The number of nitrogens with zero attached hydrogens (tertiary/aromatic N) is 3. The number of likely N-dealkylation sites (tertiary alicyclic amines) is 1. The van der Waals surface area contributed by atoms with Crippen molar-refractivity contribution in [1.29, 1.82) is 0 Å². The molecule has 328 valence electrons. The van der Waals surface area contributed by atoms with Gasteiger partial charge < -0.3 is 49.1 Å². The van der Waals surface area contributed by atoms with Crippen molar-refractivity contribution in [3.05, 3.63) is 71.9 Å². The molecule has 2 fully saturated rings. The Bertz CT molecular complexity index is 2050. The van der Waals surface area contributed by atoms with Gasteiger partial charge in [-0.05, 0) is 86.6 Å².